The fraction of sp³-hybridized carbons (Fsp3) is 0.462. The number of rotatable bonds is 9. The molecule has 2 saturated heterocycles. The molecule has 0 radical (unpaired) electrons. The molecule has 0 saturated carbocycles. The number of hydrogen-bond donors (Lipinski definition) is 3. The van der Waals surface area contributed by atoms with E-state index in [1.165, 1.54) is 10.8 Å². The third-order valence-electron chi connectivity index (χ3n) is 7.06. The zero-order valence-corrected chi connectivity index (χ0v) is 19.4. The first-order valence-corrected chi connectivity index (χ1v) is 12.1. The molecule has 2 aliphatic heterocycles. The van der Waals surface area contributed by atoms with Gasteiger partial charge in [0.15, 0.2) is 5.96 Å². The highest BCUT2D eigenvalue weighted by atomic mass is 16.2. The number of hydrogen-bond acceptors (Lipinski definition) is 4. The van der Waals surface area contributed by atoms with Gasteiger partial charge in [-0.05, 0) is 61.3 Å². The van der Waals surface area contributed by atoms with Crippen molar-refractivity contribution < 1.29 is 14.4 Å². The molecule has 34 heavy (non-hydrogen) atoms. The summed E-state index contributed by atoms with van der Waals surface area (Å²) in [6, 6.07) is 13.4. The summed E-state index contributed by atoms with van der Waals surface area (Å²) in [4.78, 5) is 43.8. The predicted octanol–water partition coefficient (Wildman–Crippen LogP) is 1.89. The Labute approximate surface area is 199 Å². The lowest BCUT2D eigenvalue weighted by Crippen LogP contribution is -2.54. The van der Waals surface area contributed by atoms with Crippen LogP contribution in [0.1, 0.15) is 44.1 Å². The van der Waals surface area contributed by atoms with Crippen molar-refractivity contribution in [3.05, 3.63) is 48.0 Å². The van der Waals surface area contributed by atoms with Crippen molar-refractivity contribution in [1.29, 1.82) is 0 Å². The molecule has 2 aromatic carbocycles. The molecule has 8 heteroatoms. The van der Waals surface area contributed by atoms with E-state index in [-0.39, 0.29) is 29.7 Å². The second kappa shape index (κ2) is 10.7. The van der Waals surface area contributed by atoms with Gasteiger partial charge in [-0.15, -0.1) is 0 Å². The van der Waals surface area contributed by atoms with Gasteiger partial charge < -0.3 is 26.5 Å². The molecule has 0 bridgehead atoms. The zero-order valence-electron chi connectivity index (χ0n) is 19.4. The summed E-state index contributed by atoms with van der Waals surface area (Å²) in [6.07, 6.45) is 5.61. The number of nitrogens with two attached hydrogens (primary N) is 2. The van der Waals surface area contributed by atoms with Crippen molar-refractivity contribution >= 4 is 34.8 Å². The van der Waals surface area contributed by atoms with E-state index in [1.807, 2.05) is 18.2 Å². The van der Waals surface area contributed by atoms with Crippen LogP contribution < -0.4 is 16.8 Å². The highest BCUT2D eigenvalue weighted by Crippen LogP contribution is 2.37. The first-order valence-electron chi connectivity index (χ1n) is 12.1. The third-order valence-corrected chi connectivity index (χ3v) is 7.06. The maximum absolute atomic E-state index is 13.5. The summed E-state index contributed by atoms with van der Waals surface area (Å²) in [7, 11) is 0. The number of guanidine groups is 1. The van der Waals surface area contributed by atoms with Crippen LogP contribution in [0.5, 0.6) is 0 Å². The molecular formula is C26H33N5O3. The largest absolute Gasteiger partial charge is 0.370 e. The van der Waals surface area contributed by atoms with Crippen molar-refractivity contribution in [2.45, 2.75) is 63.1 Å². The number of benzene rings is 2. The van der Waals surface area contributed by atoms with E-state index in [9.17, 15) is 14.4 Å². The van der Waals surface area contributed by atoms with Gasteiger partial charge in [-0.25, -0.2) is 0 Å². The van der Waals surface area contributed by atoms with E-state index in [2.05, 4.69) is 34.6 Å². The zero-order chi connectivity index (χ0) is 24.1. The van der Waals surface area contributed by atoms with Crippen LogP contribution in [-0.2, 0) is 20.8 Å². The standard InChI is InChI=1S/C26H33N5O3/c27-26(28)29-14-4-8-20(16-32)30-24(33)23-13-12-21-11-10-19(25(34)31(21)23)15-18-7-3-6-17-5-1-2-9-22(17)18/h1-3,5-7,9,16,19-21,23H,4,8,10-15H2,(H,30,33)(H4,27,28,29)/t19-,20?,21-,23-/m0/s1. The van der Waals surface area contributed by atoms with Crippen LogP contribution in [0.2, 0.25) is 0 Å². The number of piperidine rings is 1. The van der Waals surface area contributed by atoms with E-state index in [0.29, 0.717) is 32.2 Å². The molecule has 2 aliphatic rings. The number of aliphatic imine (C=N–C) groups is 1. The van der Waals surface area contributed by atoms with Crippen LogP contribution >= 0.6 is 0 Å². The van der Waals surface area contributed by atoms with Crippen LogP contribution in [0.15, 0.2) is 47.5 Å². The smallest absolute Gasteiger partial charge is 0.243 e. The van der Waals surface area contributed by atoms with Gasteiger partial charge in [-0.1, -0.05) is 42.5 Å². The van der Waals surface area contributed by atoms with Gasteiger partial charge in [0.25, 0.3) is 0 Å². The average Bonchev–Trinajstić information content (AvgIpc) is 3.28. The van der Waals surface area contributed by atoms with Crippen LogP contribution in [0.3, 0.4) is 0 Å². The Kier molecular flexibility index (Phi) is 7.45. The van der Waals surface area contributed by atoms with E-state index >= 15 is 0 Å². The number of amides is 2. The van der Waals surface area contributed by atoms with Crippen molar-refractivity contribution in [1.82, 2.24) is 10.2 Å². The fourth-order valence-electron chi connectivity index (χ4n) is 5.38. The summed E-state index contributed by atoms with van der Waals surface area (Å²) in [5.74, 6) is -0.333. The van der Waals surface area contributed by atoms with E-state index in [0.717, 1.165) is 31.1 Å². The summed E-state index contributed by atoms with van der Waals surface area (Å²) in [6.45, 7) is 0.397. The van der Waals surface area contributed by atoms with Crippen LogP contribution in [0.4, 0.5) is 0 Å². The number of nitrogens with zero attached hydrogens (tertiary/aromatic N) is 2. The SMILES string of the molecule is NC(N)=NCCCC(C=O)NC(=O)[C@@H]1CC[C@@H]2CC[C@@H](Cc3cccc4ccccc34)C(=O)N21. The Morgan fingerprint density at radius 3 is 2.68 bits per heavy atom. The highest BCUT2D eigenvalue weighted by molar-refractivity contribution is 5.92. The maximum Gasteiger partial charge on any atom is 0.243 e. The molecule has 0 spiro atoms. The molecule has 2 fully saturated rings. The topological polar surface area (TPSA) is 131 Å². The molecule has 8 nitrogen and oxygen atoms in total. The van der Waals surface area contributed by atoms with Crippen molar-refractivity contribution in [2.24, 2.45) is 22.4 Å². The molecule has 4 rings (SSSR count). The number of fused-ring (bicyclic) bond motifs is 2. The molecule has 2 aromatic rings. The van der Waals surface area contributed by atoms with Gasteiger partial charge >= 0.3 is 0 Å². The average molecular weight is 464 g/mol. The second-order valence-corrected chi connectivity index (χ2v) is 9.31. The van der Waals surface area contributed by atoms with Gasteiger partial charge in [-0.2, -0.15) is 0 Å². The Hall–Kier alpha value is -3.42. The maximum atomic E-state index is 13.5. The summed E-state index contributed by atoms with van der Waals surface area (Å²) < 4.78 is 0. The molecule has 180 valence electrons. The number of aldehydes is 1. The third kappa shape index (κ3) is 5.21. The lowest BCUT2D eigenvalue weighted by molar-refractivity contribution is -0.147. The van der Waals surface area contributed by atoms with Gasteiger partial charge in [-0.3, -0.25) is 14.6 Å². The number of carbonyl (C=O) groups excluding carboxylic acids is 3. The second-order valence-electron chi connectivity index (χ2n) is 9.31. The van der Waals surface area contributed by atoms with Gasteiger partial charge in [0.05, 0.1) is 6.04 Å². The quantitative estimate of drug-likeness (QED) is 0.226. The summed E-state index contributed by atoms with van der Waals surface area (Å²) in [5, 5.41) is 5.16. The Morgan fingerprint density at radius 2 is 1.88 bits per heavy atom. The summed E-state index contributed by atoms with van der Waals surface area (Å²) >= 11 is 0. The molecule has 1 unspecified atom stereocenters. The number of carbonyl (C=O) groups is 3. The Bertz CT molecular complexity index is 1080. The minimum absolute atomic E-state index is 0.00495. The summed E-state index contributed by atoms with van der Waals surface area (Å²) in [5.41, 5.74) is 11.8. The lowest BCUT2D eigenvalue weighted by atomic mass is 9.86. The van der Waals surface area contributed by atoms with E-state index in [4.69, 9.17) is 11.5 Å². The number of nitrogens with one attached hydrogen (secondary N) is 1. The fourth-order valence-corrected chi connectivity index (χ4v) is 5.38. The molecular weight excluding hydrogens is 430 g/mol. The molecule has 2 heterocycles. The minimum Gasteiger partial charge on any atom is -0.370 e. The van der Waals surface area contributed by atoms with Gasteiger partial charge in [0, 0.05) is 18.5 Å². The first-order chi connectivity index (χ1) is 16.5. The van der Waals surface area contributed by atoms with Crippen molar-refractivity contribution in [2.75, 3.05) is 6.54 Å². The normalized spacial score (nSPS) is 22.8. The van der Waals surface area contributed by atoms with Gasteiger partial charge in [0.1, 0.15) is 12.3 Å². The van der Waals surface area contributed by atoms with E-state index < -0.39 is 12.1 Å². The minimum atomic E-state index is -0.618. The highest BCUT2D eigenvalue weighted by Gasteiger charge is 2.46. The lowest BCUT2D eigenvalue weighted by Gasteiger charge is -2.38. The molecule has 5 N–H and O–H groups in total. The Morgan fingerprint density at radius 1 is 1.12 bits per heavy atom. The van der Waals surface area contributed by atoms with Crippen molar-refractivity contribution in [3.8, 4) is 0 Å². The van der Waals surface area contributed by atoms with E-state index in [1.54, 1.807) is 4.90 Å². The molecule has 0 aromatic heterocycles. The van der Waals surface area contributed by atoms with Crippen LogP contribution in [0.25, 0.3) is 10.8 Å². The van der Waals surface area contributed by atoms with Gasteiger partial charge in [0.2, 0.25) is 11.8 Å². The predicted molar refractivity (Wildman–Crippen MR) is 132 cm³/mol. The Balaban J connectivity index is 1.41. The molecule has 0 aliphatic carbocycles. The molecule has 4 atom stereocenters. The molecule has 2 amide bonds. The van der Waals surface area contributed by atoms with Crippen LogP contribution in [0, 0.1) is 5.92 Å². The van der Waals surface area contributed by atoms with Crippen molar-refractivity contribution in [3.63, 3.8) is 0 Å². The first kappa shape index (κ1) is 23.7. The monoisotopic (exact) mass is 463 g/mol. The van der Waals surface area contributed by atoms with Crippen LogP contribution in [-0.4, -0.2) is 53.6 Å².